The van der Waals surface area contributed by atoms with E-state index in [4.69, 9.17) is 15.6 Å². The number of hydrogen-bond acceptors (Lipinski definition) is 4. The number of carbonyl (C=O) groups excluding carboxylic acids is 2. The molecule has 0 radical (unpaired) electrons. The van der Waals surface area contributed by atoms with Gasteiger partial charge in [-0.1, -0.05) is 0 Å². The molecule has 0 saturated heterocycles. The van der Waals surface area contributed by atoms with E-state index >= 15 is 0 Å². The first kappa shape index (κ1) is 13.5. The summed E-state index contributed by atoms with van der Waals surface area (Å²) in [5, 5.41) is 10.8. The van der Waals surface area contributed by atoms with Gasteiger partial charge in [0.2, 0.25) is 5.91 Å². The van der Waals surface area contributed by atoms with Crippen LogP contribution in [-0.4, -0.2) is 29.5 Å². The largest absolute Gasteiger partial charge is 0.484 e. The maximum absolute atomic E-state index is 11.1. The van der Waals surface area contributed by atoms with Gasteiger partial charge in [0.15, 0.2) is 6.61 Å². The van der Waals surface area contributed by atoms with E-state index in [1.54, 1.807) is 0 Å². The topological polar surface area (TPSA) is 119 Å². The average Bonchev–Trinajstić information content (AvgIpc) is 2.26. The summed E-state index contributed by atoms with van der Waals surface area (Å²) < 4.78 is 5.01. The highest BCUT2D eigenvalue weighted by molar-refractivity contribution is 6.01. The van der Waals surface area contributed by atoms with Crippen LogP contribution in [0.4, 0.5) is 5.69 Å². The van der Waals surface area contributed by atoms with E-state index in [9.17, 15) is 14.4 Å². The molecule has 0 aliphatic carbocycles. The molecule has 7 heteroatoms. The van der Waals surface area contributed by atoms with Gasteiger partial charge in [-0.15, -0.1) is 0 Å². The van der Waals surface area contributed by atoms with Crippen molar-refractivity contribution in [3.05, 3.63) is 24.3 Å². The molecule has 0 fully saturated rings. The molecule has 4 N–H and O–H groups in total. The van der Waals surface area contributed by atoms with E-state index in [2.05, 4.69) is 5.32 Å². The normalized spacial score (nSPS) is 9.56. The maximum atomic E-state index is 11.1. The second kappa shape index (κ2) is 6.24. The van der Waals surface area contributed by atoms with E-state index < -0.39 is 24.2 Å². The molecule has 0 unspecified atom stereocenters. The number of anilines is 1. The van der Waals surface area contributed by atoms with Crippen LogP contribution in [0.1, 0.15) is 6.42 Å². The van der Waals surface area contributed by atoms with Crippen molar-refractivity contribution in [2.45, 2.75) is 6.42 Å². The van der Waals surface area contributed by atoms with Gasteiger partial charge in [0.05, 0.1) is 0 Å². The second-order valence-corrected chi connectivity index (χ2v) is 3.40. The van der Waals surface area contributed by atoms with E-state index in [0.29, 0.717) is 11.4 Å². The van der Waals surface area contributed by atoms with Gasteiger partial charge in [0, 0.05) is 5.69 Å². The van der Waals surface area contributed by atoms with E-state index in [1.165, 1.54) is 24.3 Å². The van der Waals surface area contributed by atoms with Crippen molar-refractivity contribution in [3.63, 3.8) is 0 Å². The molecule has 0 heterocycles. The van der Waals surface area contributed by atoms with Gasteiger partial charge < -0.3 is 20.9 Å². The molecule has 0 aliphatic heterocycles. The summed E-state index contributed by atoms with van der Waals surface area (Å²) in [6.07, 6.45) is -0.597. The number of hydrogen-bond donors (Lipinski definition) is 3. The van der Waals surface area contributed by atoms with Crippen molar-refractivity contribution in [2.24, 2.45) is 5.73 Å². The van der Waals surface area contributed by atoms with Gasteiger partial charge in [-0.25, -0.2) is 0 Å². The fourth-order valence-corrected chi connectivity index (χ4v) is 1.13. The van der Waals surface area contributed by atoms with Crippen LogP contribution in [0.5, 0.6) is 5.75 Å². The van der Waals surface area contributed by atoms with Crippen molar-refractivity contribution >= 4 is 23.5 Å². The third-order valence-corrected chi connectivity index (χ3v) is 1.83. The van der Waals surface area contributed by atoms with Crippen molar-refractivity contribution in [2.75, 3.05) is 11.9 Å². The summed E-state index contributed by atoms with van der Waals surface area (Å²) in [6, 6.07) is 6.10. The second-order valence-electron chi connectivity index (χ2n) is 3.40. The first-order valence-electron chi connectivity index (χ1n) is 5.00. The fourth-order valence-electron chi connectivity index (χ4n) is 1.13. The van der Waals surface area contributed by atoms with Crippen molar-refractivity contribution < 1.29 is 24.2 Å². The average molecular weight is 252 g/mol. The number of aliphatic carboxylic acids is 1. The lowest BCUT2D eigenvalue weighted by atomic mass is 10.3. The first-order valence-corrected chi connectivity index (χ1v) is 5.00. The Bertz CT molecular complexity index is 455. The molecule has 1 rings (SSSR count). The standard InChI is InChI=1S/C11H12N2O5/c12-9(14)6-18-8-3-1-7(2-4-8)13-10(15)5-11(16)17/h1-4H,5-6H2,(H2,12,14)(H,13,15)(H,16,17). The highest BCUT2D eigenvalue weighted by Crippen LogP contribution is 2.15. The molecule has 96 valence electrons. The zero-order valence-electron chi connectivity index (χ0n) is 9.38. The van der Waals surface area contributed by atoms with Crippen LogP contribution in [0.2, 0.25) is 0 Å². The van der Waals surface area contributed by atoms with Crippen LogP contribution in [0.15, 0.2) is 24.3 Å². The molecule has 2 amide bonds. The van der Waals surface area contributed by atoms with Crippen LogP contribution >= 0.6 is 0 Å². The van der Waals surface area contributed by atoms with Crippen LogP contribution in [0.25, 0.3) is 0 Å². The number of primary amides is 1. The molecule has 0 aliphatic rings. The number of amides is 2. The number of rotatable bonds is 6. The Kier molecular flexibility index (Phi) is 4.67. The molecule has 7 nitrogen and oxygen atoms in total. The van der Waals surface area contributed by atoms with Gasteiger partial charge in [0.25, 0.3) is 5.91 Å². The summed E-state index contributed by atoms with van der Waals surface area (Å²) in [7, 11) is 0. The van der Waals surface area contributed by atoms with Crippen molar-refractivity contribution in [1.29, 1.82) is 0 Å². The number of nitrogens with one attached hydrogen (secondary N) is 1. The molecule has 18 heavy (non-hydrogen) atoms. The molecule has 0 atom stereocenters. The summed E-state index contributed by atoms with van der Waals surface area (Å²) in [4.78, 5) is 31.9. The predicted molar refractivity (Wildman–Crippen MR) is 62.0 cm³/mol. The van der Waals surface area contributed by atoms with Gasteiger partial charge in [-0.05, 0) is 24.3 Å². The van der Waals surface area contributed by atoms with Gasteiger partial charge in [-0.3, -0.25) is 14.4 Å². The van der Waals surface area contributed by atoms with E-state index in [-0.39, 0.29) is 6.61 Å². The highest BCUT2D eigenvalue weighted by Gasteiger charge is 2.07. The molecular formula is C11H12N2O5. The van der Waals surface area contributed by atoms with E-state index in [1.807, 2.05) is 0 Å². The van der Waals surface area contributed by atoms with E-state index in [0.717, 1.165) is 0 Å². The van der Waals surface area contributed by atoms with Crippen LogP contribution < -0.4 is 15.8 Å². The zero-order valence-corrected chi connectivity index (χ0v) is 9.38. The first-order chi connectivity index (χ1) is 8.47. The highest BCUT2D eigenvalue weighted by atomic mass is 16.5. The molecule has 0 bridgehead atoms. The number of nitrogens with two attached hydrogens (primary N) is 1. The summed E-state index contributed by atoms with van der Waals surface area (Å²) in [6.45, 7) is -0.231. The summed E-state index contributed by atoms with van der Waals surface area (Å²) in [5.41, 5.74) is 5.34. The summed E-state index contributed by atoms with van der Waals surface area (Å²) in [5.74, 6) is -1.99. The van der Waals surface area contributed by atoms with Crippen molar-refractivity contribution in [1.82, 2.24) is 0 Å². The Morgan fingerprint density at radius 3 is 2.33 bits per heavy atom. The van der Waals surface area contributed by atoms with Gasteiger partial charge in [0.1, 0.15) is 12.2 Å². The number of carboxylic acids is 1. The molecule has 0 spiro atoms. The third-order valence-electron chi connectivity index (χ3n) is 1.83. The lowest BCUT2D eigenvalue weighted by Crippen LogP contribution is -2.20. The lowest BCUT2D eigenvalue weighted by Gasteiger charge is -2.06. The fraction of sp³-hybridized carbons (Fsp3) is 0.182. The molecular weight excluding hydrogens is 240 g/mol. The maximum Gasteiger partial charge on any atom is 0.312 e. The molecule has 0 saturated carbocycles. The minimum Gasteiger partial charge on any atom is -0.484 e. The minimum atomic E-state index is -1.20. The lowest BCUT2D eigenvalue weighted by molar-refractivity contribution is -0.139. The predicted octanol–water partition coefficient (Wildman–Crippen LogP) is -0.0361. The van der Waals surface area contributed by atoms with Gasteiger partial charge in [-0.2, -0.15) is 0 Å². The molecule has 1 aromatic carbocycles. The molecule has 1 aromatic rings. The smallest absolute Gasteiger partial charge is 0.312 e. The number of carboxylic acid groups (broad SMARTS) is 1. The number of ether oxygens (including phenoxy) is 1. The van der Waals surface area contributed by atoms with Crippen LogP contribution in [0.3, 0.4) is 0 Å². The zero-order chi connectivity index (χ0) is 13.5. The number of benzene rings is 1. The SMILES string of the molecule is NC(=O)COc1ccc(NC(=O)CC(=O)O)cc1. The Hall–Kier alpha value is -2.57. The minimum absolute atomic E-state index is 0.231. The Morgan fingerprint density at radius 1 is 1.22 bits per heavy atom. The Morgan fingerprint density at radius 2 is 1.83 bits per heavy atom. The van der Waals surface area contributed by atoms with Crippen LogP contribution in [-0.2, 0) is 14.4 Å². The Balaban J connectivity index is 2.52. The third kappa shape index (κ3) is 4.97. The van der Waals surface area contributed by atoms with Gasteiger partial charge >= 0.3 is 5.97 Å². The van der Waals surface area contributed by atoms with Crippen molar-refractivity contribution in [3.8, 4) is 5.75 Å². The quantitative estimate of drug-likeness (QED) is 0.614. The molecule has 0 aromatic heterocycles. The number of carbonyl (C=O) groups is 3. The summed E-state index contributed by atoms with van der Waals surface area (Å²) >= 11 is 0. The van der Waals surface area contributed by atoms with Crippen LogP contribution in [0, 0.1) is 0 Å². The Labute approximate surface area is 103 Å². The monoisotopic (exact) mass is 252 g/mol.